The van der Waals surface area contributed by atoms with Crippen LogP contribution in [0.1, 0.15) is 16.7 Å². The first-order valence-electron chi connectivity index (χ1n) is 11.2. The molecular weight excluding hydrogens is 499 g/mol. The largest absolute Gasteiger partial charge is 0.497 e. The van der Waals surface area contributed by atoms with E-state index in [1.165, 1.54) is 0 Å². The normalized spacial score (nSPS) is 11.1. The molecule has 1 aromatic heterocycles. The minimum atomic E-state index is -0.425. The van der Waals surface area contributed by atoms with Gasteiger partial charge in [-0.25, -0.2) is 5.43 Å². The lowest BCUT2D eigenvalue weighted by Crippen LogP contribution is -2.35. The number of hydrogen-bond donors (Lipinski definition) is 2. The molecule has 0 atom stereocenters. The minimum absolute atomic E-state index is 0.164. The molecule has 36 heavy (non-hydrogen) atoms. The fourth-order valence-corrected chi connectivity index (χ4v) is 4.19. The number of aromatic nitrogens is 1. The highest BCUT2D eigenvalue weighted by Gasteiger charge is 2.10. The third kappa shape index (κ3) is 6.44. The van der Waals surface area contributed by atoms with Gasteiger partial charge in [0, 0.05) is 39.3 Å². The third-order valence-corrected chi connectivity index (χ3v) is 6.12. The van der Waals surface area contributed by atoms with Crippen LogP contribution in [-0.4, -0.2) is 36.3 Å². The first-order chi connectivity index (χ1) is 17.4. The molecule has 0 unspecified atom stereocenters. The number of amides is 2. The van der Waals surface area contributed by atoms with Crippen LogP contribution in [0.4, 0.5) is 0 Å². The number of benzene rings is 3. The predicted octanol–water partition coefficient (Wildman–Crippen LogP) is 4.81. The Bertz CT molecular complexity index is 1410. The predicted molar refractivity (Wildman–Crippen MR) is 143 cm³/mol. The van der Waals surface area contributed by atoms with Gasteiger partial charge >= 0.3 is 0 Å². The van der Waals surface area contributed by atoms with Crippen molar-refractivity contribution in [3.8, 4) is 5.75 Å². The lowest BCUT2D eigenvalue weighted by molar-refractivity contribution is -0.125. The van der Waals surface area contributed by atoms with Gasteiger partial charge in [-0.15, -0.1) is 0 Å². The van der Waals surface area contributed by atoms with Gasteiger partial charge in [0.25, 0.3) is 5.91 Å². The van der Waals surface area contributed by atoms with Crippen molar-refractivity contribution in [1.82, 2.24) is 15.3 Å². The minimum Gasteiger partial charge on any atom is -0.497 e. The van der Waals surface area contributed by atoms with Crippen LogP contribution in [0, 0.1) is 0 Å². The van der Waals surface area contributed by atoms with Gasteiger partial charge in [-0.1, -0.05) is 59.6 Å². The molecule has 2 amide bonds. The van der Waals surface area contributed by atoms with Gasteiger partial charge in [0.15, 0.2) is 0 Å². The molecule has 2 N–H and O–H groups in total. The summed E-state index contributed by atoms with van der Waals surface area (Å²) in [6.45, 7) is 0.375. The summed E-state index contributed by atoms with van der Waals surface area (Å²) < 4.78 is 7.17. The molecule has 0 saturated heterocycles. The van der Waals surface area contributed by atoms with Gasteiger partial charge in [0.05, 0.1) is 26.3 Å². The summed E-state index contributed by atoms with van der Waals surface area (Å²) in [5.41, 5.74) is 6.05. The summed E-state index contributed by atoms with van der Waals surface area (Å²) >= 11 is 12.4. The van der Waals surface area contributed by atoms with E-state index >= 15 is 0 Å². The van der Waals surface area contributed by atoms with Crippen LogP contribution < -0.4 is 15.5 Å². The van der Waals surface area contributed by atoms with E-state index in [4.69, 9.17) is 27.9 Å². The van der Waals surface area contributed by atoms with Crippen LogP contribution in [0.3, 0.4) is 0 Å². The summed E-state index contributed by atoms with van der Waals surface area (Å²) in [7, 11) is 1.58. The molecule has 7 nitrogen and oxygen atoms in total. The number of nitrogens with one attached hydrogen (secondary N) is 2. The Morgan fingerprint density at radius 3 is 2.56 bits per heavy atom. The molecule has 184 valence electrons. The molecule has 4 rings (SSSR count). The second-order valence-corrected chi connectivity index (χ2v) is 8.90. The standard InChI is InChI=1S/C27H24Cl2N4O3/c1-36-22-10-6-18(7-11-22)12-26(34)30-15-27(35)32-31-14-20-17-33(25-5-3-2-4-23(20)25)16-19-8-9-21(28)13-24(19)29/h2-11,13-14,17H,12,15-16H2,1H3,(H,30,34)(H,32,35). The average Bonchev–Trinajstić information content (AvgIpc) is 3.22. The van der Waals surface area contributed by atoms with Gasteiger partial charge in [0.2, 0.25) is 5.91 Å². The molecule has 3 aromatic carbocycles. The van der Waals surface area contributed by atoms with E-state index in [0.29, 0.717) is 22.3 Å². The second-order valence-electron chi connectivity index (χ2n) is 8.06. The van der Waals surface area contributed by atoms with E-state index in [2.05, 4.69) is 20.4 Å². The van der Waals surface area contributed by atoms with Gasteiger partial charge < -0.3 is 14.6 Å². The topological polar surface area (TPSA) is 84.7 Å². The number of halogens is 2. The van der Waals surface area contributed by atoms with Crippen LogP contribution in [0.5, 0.6) is 5.75 Å². The summed E-state index contributed by atoms with van der Waals surface area (Å²) in [4.78, 5) is 24.3. The molecule has 0 saturated carbocycles. The van der Waals surface area contributed by atoms with Crippen molar-refractivity contribution in [3.05, 3.63) is 99.7 Å². The van der Waals surface area contributed by atoms with Gasteiger partial charge in [0.1, 0.15) is 5.75 Å². The first-order valence-corrected chi connectivity index (χ1v) is 11.9. The number of carbonyl (C=O) groups is 2. The van der Waals surface area contributed by atoms with E-state index in [1.54, 1.807) is 43.7 Å². The van der Waals surface area contributed by atoms with Crippen molar-refractivity contribution in [2.45, 2.75) is 13.0 Å². The van der Waals surface area contributed by atoms with Crippen molar-refractivity contribution >= 4 is 52.1 Å². The quantitative estimate of drug-likeness (QED) is 0.244. The van der Waals surface area contributed by atoms with Gasteiger partial charge in [-0.2, -0.15) is 5.10 Å². The maximum absolute atomic E-state index is 12.2. The van der Waals surface area contributed by atoms with Gasteiger partial charge in [-0.05, 0) is 41.5 Å². The maximum Gasteiger partial charge on any atom is 0.259 e. The maximum atomic E-state index is 12.2. The van der Waals surface area contributed by atoms with Crippen LogP contribution >= 0.6 is 23.2 Å². The summed E-state index contributed by atoms with van der Waals surface area (Å²) in [5.74, 6) is 0.0301. The number of para-hydroxylation sites is 1. The van der Waals surface area contributed by atoms with Crippen molar-refractivity contribution in [1.29, 1.82) is 0 Å². The number of carbonyl (C=O) groups excluding carboxylic acids is 2. The molecule has 0 aliphatic heterocycles. The van der Waals surface area contributed by atoms with Crippen LogP contribution in [0.15, 0.2) is 78.0 Å². The molecule has 0 fully saturated rings. The van der Waals surface area contributed by atoms with E-state index in [-0.39, 0.29) is 18.9 Å². The number of rotatable bonds is 9. The Labute approximate surface area is 218 Å². The molecule has 0 aliphatic rings. The molecule has 4 aromatic rings. The van der Waals surface area contributed by atoms with E-state index in [0.717, 1.165) is 27.6 Å². The highest BCUT2D eigenvalue weighted by Crippen LogP contribution is 2.25. The Hall–Kier alpha value is -3.81. The Kier molecular flexibility index (Phi) is 8.25. The number of ether oxygens (including phenoxy) is 1. The van der Waals surface area contributed by atoms with Crippen molar-refractivity contribution in [2.75, 3.05) is 13.7 Å². The van der Waals surface area contributed by atoms with Crippen molar-refractivity contribution in [2.24, 2.45) is 5.10 Å². The first kappa shape index (κ1) is 25.3. The Balaban J connectivity index is 1.35. The SMILES string of the molecule is COc1ccc(CC(=O)NCC(=O)NN=Cc2cn(Cc3ccc(Cl)cc3Cl)c3ccccc23)cc1. The zero-order valence-electron chi connectivity index (χ0n) is 19.5. The van der Waals surface area contributed by atoms with Crippen molar-refractivity contribution in [3.63, 3.8) is 0 Å². The Morgan fingerprint density at radius 2 is 1.81 bits per heavy atom. The fourth-order valence-electron chi connectivity index (χ4n) is 3.73. The summed E-state index contributed by atoms with van der Waals surface area (Å²) in [6.07, 6.45) is 3.69. The molecule has 0 bridgehead atoms. The van der Waals surface area contributed by atoms with Gasteiger partial charge in [-0.3, -0.25) is 9.59 Å². The number of fused-ring (bicyclic) bond motifs is 1. The number of nitrogens with zero attached hydrogens (tertiary/aromatic N) is 2. The van der Waals surface area contributed by atoms with Crippen molar-refractivity contribution < 1.29 is 14.3 Å². The van der Waals surface area contributed by atoms with E-state index < -0.39 is 5.91 Å². The fraction of sp³-hybridized carbons (Fsp3) is 0.148. The molecule has 9 heteroatoms. The monoisotopic (exact) mass is 522 g/mol. The summed E-state index contributed by atoms with van der Waals surface area (Å²) in [5, 5.41) is 8.83. The molecule has 0 radical (unpaired) electrons. The number of hydrogen-bond acceptors (Lipinski definition) is 4. The number of methoxy groups -OCH3 is 1. The molecule has 0 spiro atoms. The van der Waals surface area contributed by atoms with Crippen LogP contribution in [-0.2, 0) is 22.6 Å². The third-order valence-electron chi connectivity index (χ3n) is 5.54. The lowest BCUT2D eigenvalue weighted by atomic mass is 10.1. The average molecular weight is 523 g/mol. The highest BCUT2D eigenvalue weighted by atomic mass is 35.5. The number of hydrazone groups is 1. The smallest absolute Gasteiger partial charge is 0.259 e. The van der Waals surface area contributed by atoms with Crippen LogP contribution in [0.25, 0.3) is 10.9 Å². The van der Waals surface area contributed by atoms with E-state index in [9.17, 15) is 9.59 Å². The highest BCUT2D eigenvalue weighted by molar-refractivity contribution is 6.35. The molecule has 1 heterocycles. The molecular formula is C27H24Cl2N4O3. The Morgan fingerprint density at radius 1 is 1.03 bits per heavy atom. The molecule has 0 aliphatic carbocycles. The van der Waals surface area contributed by atoms with Crippen LogP contribution in [0.2, 0.25) is 10.0 Å². The summed E-state index contributed by atoms with van der Waals surface area (Å²) in [6, 6.07) is 20.5. The lowest BCUT2D eigenvalue weighted by Gasteiger charge is -2.08. The zero-order chi connectivity index (χ0) is 25.5. The zero-order valence-corrected chi connectivity index (χ0v) is 21.0. The second kappa shape index (κ2) is 11.7. The van der Waals surface area contributed by atoms with E-state index in [1.807, 2.05) is 42.6 Å².